The molecule has 0 radical (unpaired) electrons. The smallest absolute Gasteiger partial charge is 0.135 e. The lowest BCUT2D eigenvalue weighted by Gasteiger charge is -2.17. The van der Waals surface area contributed by atoms with Gasteiger partial charge in [0.1, 0.15) is 6.61 Å². The van der Waals surface area contributed by atoms with Crippen molar-refractivity contribution in [2.75, 3.05) is 13.2 Å². The molecule has 0 aromatic rings. The quantitative estimate of drug-likeness (QED) is 0.522. The molecule has 0 saturated heterocycles. The van der Waals surface area contributed by atoms with Crippen molar-refractivity contribution < 1.29 is 4.84 Å². The molecule has 1 heterocycles. The zero-order valence-corrected chi connectivity index (χ0v) is 5.66. The van der Waals surface area contributed by atoms with Gasteiger partial charge < -0.3 is 0 Å². The van der Waals surface area contributed by atoms with Crippen molar-refractivity contribution in [2.45, 2.75) is 0 Å². The fourth-order valence-corrected chi connectivity index (χ4v) is 0.666. The second-order valence-electron chi connectivity index (χ2n) is 1.85. The third kappa shape index (κ3) is 1.96. The molecular formula is C8H9NO. The first-order valence-corrected chi connectivity index (χ1v) is 3.10. The summed E-state index contributed by atoms with van der Waals surface area (Å²) in [6.07, 6.45) is 12.7. The lowest BCUT2D eigenvalue weighted by molar-refractivity contribution is -0.0968. The van der Waals surface area contributed by atoms with Gasteiger partial charge in [0, 0.05) is 6.20 Å². The van der Waals surface area contributed by atoms with Crippen molar-refractivity contribution in [1.29, 1.82) is 0 Å². The van der Waals surface area contributed by atoms with Crippen LogP contribution in [0.3, 0.4) is 0 Å². The van der Waals surface area contributed by atoms with Gasteiger partial charge in [-0.3, -0.25) is 9.90 Å². The Bertz CT molecular complexity index is 188. The van der Waals surface area contributed by atoms with Crippen LogP contribution < -0.4 is 0 Å². The normalized spacial score (nSPS) is 15.3. The molecule has 0 spiro atoms. The van der Waals surface area contributed by atoms with Gasteiger partial charge in [-0.1, -0.05) is 18.1 Å². The molecule has 10 heavy (non-hydrogen) atoms. The van der Waals surface area contributed by atoms with Crippen LogP contribution in [-0.2, 0) is 4.84 Å². The van der Waals surface area contributed by atoms with Gasteiger partial charge in [0.2, 0.25) is 0 Å². The van der Waals surface area contributed by atoms with E-state index in [1.807, 2.05) is 24.4 Å². The summed E-state index contributed by atoms with van der Waals surface area (Å²) in [7, 11) is 0. The Morgan fingerprint density at radius 2 is 2.50 bits per heavy atom. The summed E-state index contributed by atoms with van der Waals surface area (Å²) in [5, 5.41) is 1.69. The van der Waals surface area contributed by atoms with Gasteiger partial charge in [0.05, 0.1) is 6.54 Å². The summed E-state index contributed by atoms with van der Waals surface area (Å²) in [5.74, 6) is 2.39. The van der Waals surface area contributed by atoms with Crippen LogP contribution in [0.5, 0.6) is 0 Å². The largest absolute Gasteiger partial charge is 0.261 e. The van der Waals surface area contributed by atoms with Crippen molar-refractivity contribution in [2.24, 2.45) is 0 Å². The predicted octanol–water partition coefficient (Wildman–Crippen LogP) is 0.937. The van der Waals surface area contributed by atoms with Crippen molar-refractivity contribution in [1.82, 2.24) is 5.06 Å². The Hall–Kier alpha value is -1.20. The number of terminal acetylenes is 1. The molecule has 2 heteroatoms. The Morgan fingerprint density at radius 1 is 1.60 bits per heavy atom. The van der Waals surface area contributed by atoms with Gasteiger partial charge >= 0.3 is 0 Å². The van der Waals surface area contributed by atoms with Crippen LogP contribution in [0.2, 0.25) is 0 Å². The van der Waals surface area contributed by atoms with Gasteiger partial charge in [0.15, 0.2) is 0 Å². The van der Waals surface area contributed by atoms with Crippen LogP contribution in [-0.4, -0.2) is 18.2 Å². The summed E-state index contributed by atoms with van der Waals surface area (Å²) < 4.78 is 0. The second kappa shape index (κ2) is 3.76. The first kappa shape index (κ1) is 6.91. The van der Waals surface area contributed by atoms with Crippen molar-refractivity contribution in [3.05, 3.63) is 24.4 Å². The molecule has 1 aliphatic heterocycles. The van der Waals surface area contributed by atoms with E-state index in [2.05, 4.69) is 5.92 Å². The zero-order valence-electron chi connectivity index (χ0n) is 5.66. The van der Waals surface area contributed by atoms with E-state index in [-0.39, 0.29) is 0 Å². The Balaban J connectivity index is 2.25. The van der Waals surface area contributed by atoms with Gasteiger partial charge in [-0.25, -0.2) is 0 Å². The van der Waals surface area contributed by atoms with Gasteiger partial charge in [-0.2, -0.15) is 0 Å². The highest BCUT2D eigenvalue weighted by Gasteiger charge is 1.96. The fourth-order valence-electron chi connectivity index (χ4n) is 0.666. The minimum atomic E-state index is 0.332. The summed E-state index contributed by atoms with van der Waals surface area (Å²) in [6.45, 7) is 1.11. The molecule has 0 aromatic heterocycles. The third-order valence-corrected chi connectivity index (χ3v) is 1.10. The maximum Gasteiger partial charge on any atom is 0.135 e. The summed E-state index contributed by atoms with van der Waals surface area (Å²) in [4.78, 5) is 5.09. The first-order chi connectivity index (χ1) is 4.93. The Kier molecular flexibility index (Phi) is 2.60. The predicted molar refractivity (Wildman–Crippen MR) is 39.8 cm³/mol. The van der Waals surface area contributed by atoms with Gasteiger partial charge in [0.25, 0.3) is 0 Å². The molecule has 2 nitrogen and oxygen atoms in total. The van der Waals surface area contributed by atoms with Crippen molar-refractivity contribution in [3.63, 3.8) is 0 Å². The lowest BCUT2D eigenvalue weighted by atomic mass is 10.4. The minimum absolute atomic E-state index is 0.332. The van der Waals surface area contributed by atoms with Crippen LogP contribution in [0, 0.1) is 12.3 Å². The molecule has 0 saturated carbocycles. The minimum Gasteiger partial charge on any atom is -0.261 e. The number of hydroxylamine groups is 2. The van der Waals surface area contributed by atoms with Crippen molar-refractivity contribution >= 4 is 0 Å². The van der Waals surface area contributed by atoms with Crippen molar-refractivity contribution in [3.8, 4) is 12.3 Å². The molecule has 0 atom stereocenters. The Morgan fingerprint density at radius 3 is 3.10 bits per heavy atom. The fraction of sp³-hybridized carbons (Fsp3) is 0.250. The number of hydrogen-bond donors (Lipinski definition) is 0. The highest BCUT2D eigenvalue weighted by molar-refractivity contribution is 5.06. The molecule has 1 aliphatic rings. The average molecular weight is 135 g/mol. The van der Waals surface area contributed by atoms with E-state index < -0.39 is 0 Å². The van der Waals surface area contributed by atoms with Gasteiger partial charge in [-0.15, -0.1) is 6.42 Å². The second-order valence-corrected chi connectivity index (χ2v) is 1.85. The highest BCUT2D eigenvalue weighted by atomic mass is 16.7. The topological polar surface area (TPSA) is 12.5 Å². The van der Waals surface area contributed by atoms with Crippen LogP contribution in [0.1, 0.15) is 0 Å². The monoisotopic (exact) mass is 135 g/mol. The molecular weight excluding hydrogens is 126 g/mol. The van der Waals surface area contributed by atoms with Gasteiger partial charge in [-0.05, 0) is 6.08 Å². The zero-order chi connectivity index (χ0) is 7.23. The third-order valence-electron chi connectivity index (χ3n) is 1.10. The molecule has 0 aromatic carbocycles. The summed E-state index contributed by atoms with van der Waals surface area (Å²) in [6, 6.07) is 0. The summed E-state index contributed by atoms with van der Waals surface area (Å²) in [5.41, 5.74) is 0. The molecule has 0 amide bonds. The van der Waals surface area contributed by atoms with E-state index in [4.69, 9.17) is 11.3 Å². The molecule has 1 rings (SSSR count). The number of hydrogen-bond acceptors (Lipinski definition) is 2. The Labute approximate surface area is 60.7 Å². The molecule has 52 valence electrons. The molecule has 0 unspecified atom stereocenters. The maximum atomic E-state index is 5.09. The number of rotatable bonds is 2. The highest BCUT2D eigenvalue weighted by Crippen LogP contribution is 1.97. The first-order valence-electron chi connectivity index (χ1n) is 3.10. The lowest BCUT2D eigenvalue weighted by Crippen LogP contribution is -2.19. The standard InChI is InChI=1S/C8H9NO/c1-2-8-10-9-6-4-3-5-7-9/h1,3-6H,7-8H2. The van der Waals surface area contributed by atoms with E-state index >= 15 is 0 Å². The van der Waals surface area contributed by atoms with Crippen LogP contribution in [0.4, 0.5) is 0 Å². The maximum absolute atomic E-state index is 5.09. The number of nitrogens with zero attached hydrogens (tertiary/aromatic N) is 1. The van der Waals surface area contributed by atoms with E-state index in [0.717, 1.165) is 6.54 Å². The van der Waals surface area contributed by atoms with E-state index in [1.165, 1.54) is 0 Å². The van der Waals surface area contributed by atoms with Crippen LogP contribution >= 0.6 is 0 Å². The van der Waals surface area contributed by atoms with E-state index in [1.54, 1.807) is 5.06 Å². The molecule has 0 bridgehead atoms. The summed E-state index contributed by atoms with van der Waals surface area (Å²) >= 11 is 0. The van der Waals surface area contributed by atoms with E-state index in [0.29, 0.717) is 6.61 Å². The molecule has 0 N–H and O–H groups in total. The van der Waals surface area contributed by atoms with Crippen LogP contribution in [0.25, 0.3) is 0 Å². The SMILES string of the molecule is C#CCON1C=CC=CC1. The number of allylic oxidation sites excluding steroid dienone is 2. The van der Waals surface area contributed by atoms with E-state index in [9.17, 15) is 0 Å². The van der Waals surface area contributed by atoms with Crippen LogP contribution in [0.15, 0.2) is 24.4 Å². The molecule has 0 aliphatic carbocycles. The molecule has 0 fully saturated rings. The average Bonchev–Trinajstić information content (AvgIpc) is 2.03.